The van der Waals surface area contributed by atoms with E-state index < -0.39 is 11.8 Å². The first kappa shape index (κ1) is 18.7. The molecular formula is C18H20ClN3O3. The fourth-order valence-corrected chi connectivity index (χ4v) is 2.47. The number of nitrogens with zero attached hydrogens (tertiary/aromatic N) is 1. The van der Waals surface area contributed by atoms with Gasteiger partial charge in [0, 0.05) is 0 Å². The van der Waals surface area contributed by atoms with Crippen molar-refractivity contribution in [2.75, 3.05) is 0 Å². The normalized spacial score (nSPS) is 11.9. The van der Waals surface area contributed by atoms with Gasteiger partial charge in [0.1, 0.15) is 16.6 Å². The molecule has 0 fully saturated rings. The molecule has 1 heterocycles. The molecule has 25 heavy (non-hydrogen) atoms. The molecule has 0 aliphatic heterocycles. The van der Waals surface area contributed by atoms with Crippen molar-refractivity contribution >= 4 is 23.4 Å². The topological polar surface area (TPSA) is 94.3 Å². The summed E-state index contributed by atoms with van der Waals surface area (Å²) in [6.07, 6.45) is 0.0651. The first-order chi connectivity index (χ1) is 11.8. The highest BCUT2D eigenvalue weighted by Crippen LogP contribution is 2.21. The van der Waals surface area contributed by atoms with Crippen molar-refractivity contribution in [1.29, 1.82) is 0 Å². The first-order valence-corrected chi connectivity index (χ1v) is 8.19. The summed E-state index contributed by atoms with van der Waals surface area (Å²) in [5.41, 5.74) is 6.25. The molecule has 3 N–H and O–H groups in total. The molecule has 1 atom stereocenters. The quantitative estimate of drug-likeness (QED) is 0.773. The third kappa shape index (κ3) is 4.93. The predicted molar refractivity (Wildman–Crippen MR) is 95.9 cm³/mol. The predicted octanol–water partition coefficient (Wildman–Crippen LogP) is 3.11. The Morgan fingerprint density at radius 3 is 2.52 bits per heavy atom. The van der Waals surface area contributed by atoms with Crippen LogP contribution >= 0.6 is 11.6 Å². The average molecular weight is 362 g/mol. The van der Waals surface area contributed by atoms with Gasteiger partial charge < -0.3 is 15.8 Å². The summed E-state index contributed by atoms with van der Waals surface area (Å²) in [5, 5.41) is 2.74. The van der Waals surface area contributed by atoms with Gasteiger partial charge in [-0.3, -0.25) is 9.59 Å². The van der Waals surface area contributed by atoms with Crippen LogP contribution < -0.4 is 15.8 Å². The van der Waals surface area contributed by atoms with Gasteiger partial charge in [-0.05, 0) is 50.6 Å². The number of nitrogens with two attached hydrogens (primary N) is 1. The Labute approximate surface area is 151 Å². The Morgan fingerprint density at radius 1 is 1.20 bits per heavy atom. The SMILES string of the molecule is CC(C)Oc1cccc(C(C)NC(=O)c2ccc(C(N)=O)c(Cl)n2)c1. The van der Waals surface area contributed by atoms with E-state index in [4.69, 9.17) is 22.1 Å². The smallest absolute Gasteiger partial charge is 0.270 e. The standard InChI is InChI=1S/C18H20ClN3O3/c1-10(2)25-13-6-4-5-12(9-13)11(3)21-18(24)15-8-7-14(17(20)23)16(19)22-15/h4-11H,1-3H3,(H2,20,23)(H,21,24). The second-order valence-corrected chi connectivity index (χ2v) is 6.19. The monoisotopic (exact) mass is 361 g/mol. The number of carbonyl (C=O) groups excluding carboxylic acids is 2. The molecule has 0 aliphatic carbocycles. The number of carbonyl (C=O) groups is 2. The molecule has 6 nitrogen and oxygen atoms in total. The summed E-state index contributed by atoms with van der Waals surface area (Å²) in [4.78, 5) is 27.4. The molecule has 0 radical (unpaired) electrons. The van der Waals surface area contributed by atoms with Gasteiger partial charge in [0.25, 0.3) is 11.8 Å². The maximum absolute atomic E-state index is 12.3. The molecule has 0 spiro atoms. The van der Waals surface area contributed by atoms with Gasteiger partial charge in [-0.25, -0.2) is 4.98 Å². The van der Waals surface area contributed by atoms with Gasteiger partial charge in [0.2, 0.25) is 0 Å². The fourth-order valence-electron chi connectivity index (χ4n) is 2.23. The first-order valence-electron chi connectivity index (χ1n) is 7.81. The Balaban J connectivity index is 2.12. The number of hydrogen-bond acceptors (Lipinski definition) is 4. The number of amides is 2. The third-order valence-electron chi connectivity index (χ3n) is 3.42. The lowest BCUT2D eigenvalue weighted by molar-refractivity contribution is 0.0932. The lowest BCUT2D eigenvalue weighted by atomic mass is 10.1. The van der Waals surface area contributed by atoms with E-state index in [9.17, 15) is 9.59 Å². The minimum absolute atomic E-state index is 0.0651. The zero-order valence-corrected chi connectivity index (χ0v) is 15.0. The second-order valence-electron chi connectivity index (χ2n) is 5.83. The van der Waals surface area contributed by atoms with Crippen LogP contribution in [0.15, 0.2) is 36.4 Å². The lowest BCUT2D eigenvalue weighted by Crippen LogP contribution is -2.27. The molecule has 2 aromatic rings. The van der Waals surface area contributed by atoms with Crippen LogP contribution in [0.1, 0.15) is 53.2 Å². The van der Waals surface area contributed by atoms with Crippen molar-refractivity contribution in [3.8, 4) is 5.75 Å². The number of aromatic nitrogens is 1. The fraction of sp³-hybridized carbons (Fsp3) is 0.278. The maximum Gasteiger partial charge on any atom is 0.270 e. The molecule has 0 aliphatic rings. The van der Waals surface area contributed by atoms with E-state index in [0.29, 0.717) is 0 Å². The number of hydrogen-bond donors (Lipinski definition) is 2. The number of primary amides is 1. The lowest BCUT2D eigenvalue weighted by Gasteiger charge is -2.16. The van der Waals surface area contributed by atoms with E-state index in [-0.39, 0.29) is 28.6 Å². The summed E-state index contributed by atoms with van der Waals surface area (Å²) in [7, 11) is 0. The minimum Gasteiger partial charge on any atom is -0.491 e. The van der Waals surface area contributed by atoms with E-state index in [1.165, 1.54) is 12.1 Å². The molecule has 2 rings (SSSR count). The summed E-state index contributed by atoms with van der Waals surface area (Å²) in [6, 6.07) is 10.0. The second kappa shape index (κ2) is 7.98. The van der Waals surface area contributed by atoms with E-state index in [2.05, 4.69) is 10.3 Å². The number of nitrogens with one attached hydrogen (secondary N) is 1. The highest BCUT2D eigenvalue weighted by atomic mass is 35.5. The summed E-state index contributed by atoms with van der Waals surface area (Å²) < 4.78 is 5.66. The highest BCUT2D eigenvalue weighted by Gasteiger charge is 2.16. The van der Waals surface area contributed by atoms with Crippen LogP contribution in [-0.2, 0) is 0 Å². The zero-order valence-electron chi connectivity index (χ0n) is 14.2. The molecule has 1 aromatic carbocycles. The molecule has 1 aromatic heterocycles. The summed E-state index contributed by atoms with van der Waals surface area (Å²) in [6.45, 7) is 5.75. The van der Waals surface area contributed by atoms with Crippen LogP contribution in [0, 0.1) is 0 Å². The molecule has 0 bridgehead atoms. The zero-order chi connectivity index (χ0) is 18.6. The molecule has 2 amide bonds. The van der Waals surface area contributed by atoms with E-state index in [0.717, 1.165) is 11.3 Å². The van der Waals surface area contributed by atoms with Gasteiger partial charge >= 0.3 is 0 Å². The Morgan fingerprint density at radius 2 is 1.92 bits per heavy atom. The number of pyridine rings is 1. The van der Waals surface area contributed by atoms with Crippen molar-refractivity contribution < 1.29 is 14.3 Å². The van der Waals surface area contributed by atoms with E-state index in [1.807, 2.05) is 45.0 Å². The van der Waals surface area contributed by atoms with E-state index in [1.54, 1.807) is 0 Å². The van der Waals surface area contributed by atoms with Gasteiger partial charge in [0.15, 0.2) is 0 Å². The third-order valence-corrected chi connectivity index (χ3v) is 3.71. The molecule has 0 saturated carbocycles. The van der Waals surface area contributed by atoms with Crippen molar-refractivity contribution in [1.82, 2.24) is 10.3 Å². The highest BCUT2D eigenvalue weighted by molar-refractivity contribution is 6.32. The average Bonchev–Trinajstić information content (AvgIpc) is 2.53. The van der Waals surface area contributed by atoms with Crippen LogP contribution in [0.4, 0.5) is 0 Å². The van der Waals surface area contributed by atoms with Crippen LogP contribution in [0.2, 0.25) is 5.15 Å². The molecule has 0 saturated heterocycles. The van der Waals surface area contributed by atoms with E-state index >= 15 is 0 Å². The van der Waals surface area contributed by atoms with Gasteiger partial charge in [-0.2, -0.15) is 0 Å². The summed E-state index contributed by atoms with van der Waals surface area (Å²) in [5.74, 6) is -0.360. The van der Waals surface area contributed by atoms with Crippen molar-refractivity contribution in [2.45, 2.75) is 32.9 Å². The van der Waals surface area contributed by atoms with Crippen LogP contribution in [-0.4, -0.2) is 22.9 Å². The number of rotatable bonds is 6. The van der Waals surface area contributed by atoms with Gasteiger partial charge in [0.05, 0.1) is 17.7 Å². The maximum atomic E-state index is 12.3. The van der Waals surface area contributed by atoms with Crippen LogP contribution in [0.25, 0.3) is 0 Å². The van der Waals surface area contributed by atoms with Gasteiger partial charge in [-0.1, -0.05) is 23.7 Å². The Hall–Kier alpha value is -2.60. The molecule has 1 unspecified atom stereocenters. The van der Waals surface area contributed by atoms with Crippen LogP contribution in [0.3, 0.4) is 0 Å². The van der Waals surface area contributed by atoms with Crippen molar-refractivity contribution in [2.24, 2.45) is 5.73 Å². The summed E-state index contributed by atoms with van der Waals surface area (Å²) >= 11 is 5.88. The Bertz CT molecular complexity index is 793. The van der Waals surface area contributed by atoms with Gasteiger partial charge in [-0.15, -0.1) is 0 Å². The molecule has 7 heteroatoms. The van der Waals surface area contributed by atoms with Crippen LogP contribution in [0.5, 0.6) is 5.75 Å². The molecular weight excluding hydrogens is 342 g/mol. The van der Waals surface area contributed by atoms with Crippen molar-refractivity contribution in [3.05, 3.63) is 58.4 Å². The largest absolute Gasteiger partial charge is 0.491 e. The Kier molecular flexibility index (Phi) is 5.98. The molecule has 132 valence electrons. The number of halogens is 1. The number of benzene rings is 1. The number of ether oxygens (including phenoxy) is 1. The minimum atomic E-state index is -0.695. The van der Waals surface area contributed by atoms with Crippen molar-refractivity contribution in [3.63, 3.8) is 0 Å².